The fourth-order valence-electron chi connectivity index (χ4n) is 3.38. The Morgan fingerprint density at radius 2 is 1.00 bits per heavy atom. The van der Waals surface area contributed by atoms with Crippen molar-refractivity contribution in [3.63, 3.8) is 0 Å². The molecule has 0 bridgehead atoms. The summed E-state index contributed by atoms with van der Waals surface area (Å²) in [6.07, 6.45) is 5.83. The van der Waals surface area contributed by atoms with Crippen LogP contribution in [0, 0.1) is 0 Å². The number of hydrogen-bond donors (Lipinski definition) is 0. The molecular weight excluding hydrogens is 398 g/mol. The van der Waals surface area contributed by atoms with Crippen molar-refractivity contribution in [1.29, 1.82) is 0 Å². The minimum absolute atomic E-state index is 0.726. The van der Waals surface area contributed by atoms with Gasteiger partial charge in [-0.1, -0.05) is 24.3 Å². The Hall–Kier alpha value is -2.89. The van der Waals surface area contributed by atoms with Crippen LogP contribution in [0.25, 0.3) is 22.3 Å². The van der Waals surface area contributed by atoms with E-state index in [2.05, 4.69) is 73.3 Å². The van der Waals surface area contributed by atoms with E-state index in [4.69, 9.17) is 9.47 Å². The number of rotatable bonds is 12. The van der Waals surface area contributed by atoms with Gasteiger partial charge in [0.05, 0.1) is 13.2 Å². The lowest BCUT2D eigenvalue weighted by Gasteiger charge is -2.11. The second-order valence-corrected chi connectivity index (χ2v) is 8.52. The molecule has 0 fully saturated rings. The van der Waals surface area contributed by atoms with Crippen molar-refractivity contribution in [2.24, 2.45) is 0 Å². The van der Waals surface area contributed by atoms with Gasteiger partial charge in [0.25, 0.3) is 0 Å². The lowest BCUT2D eigenvalue weighted by Crippen LogP contribution is -2.15. The topological polar surface area (TPSA) is 37.8 Å². The van der Waals surface area contributed by atoms with Gasteiger partial charge in [0.1, 0.15) is 11.5 Å². The van der Waals surface area contributed by atoms with Crippen LogP contribution in [0.15, 0.2) is 67.0 Å². The highest BCUT2D eigenvalue weighted by Crippen LogP contribution is 2.28. The van der Waals surface area contributed by atoms with Crippen molar-refractivity contribution >= 4 is 0 Å². The summed E-state index contributed by atoms with van der Waals surface area (Å²) in [4.78, 5) is 8.80. The molecule has 0 amide bonds. The zero-order valence-corrected chi connectivity index (χ0v) is 19.8. The maximum atomic E-state index is 5.84. The lowest BCUT2D eigenvalue weighted by atomic mass is 10.0. The van der Waals surface area contributed by atoms with E-state index in [1.807, 2.05) is 36.7 Å². The Labute approximate surface area is 192 Å². The van der Waals surface area contributed by atoms with Gasteiger partial charge in [-0.25, -0.2) is 0 Å². The predicted octanol–water partition coefficient (Wildman–Crippen LogP) is 5.08. The van der Waals surface area contributed by atoms with Gasteiger partial charge in [-0.2, -0.15) is 0 Å². The molecule has 5 nitrogen and oxygen atoms in total. The number of ether oxygens (including phenoxy) is 2. The molecule has 0 N–H and O–H groups in total. The predicted molar refractivity (Wildman–Crippen MR) is 132 cm³/mol. The van der Waals surface area contributed by atoms with Gasteiger partial charge in [0.2, 0.25) is 0 Å². The quantitative estimate of drug-likeness (QED) is 0.373. The van der Waals surface area contributed by atoms with Crippen LogP contribution >= 0.6 is 0 Å². The number of nitrogens with zero attached hydrogens (tertiary/aromatic N) is 3. The Morgan fingerprint density at radius 1 is 0.594 bits per heavy atom. The molecule has 2 aromatic carbocycles. The average molecular weight is 434 g/mol. The molecule has 0 atom stereocenters. The molecule has 0 saturated heterocycles. The minimum Gasteiger partial charge on any atom is -0.494 e. The summed E-state index contributed by atoms with van der Waals surface area (Å²) >= 11 is 0. The summed E-state index contributed by atoms with van der Waals surface area (Å²) in [6, 6.07) is 18.6. The van der Waals surface area contributed by atoms with E-state index in [-0.39, 0.29) is 0 Å². The highest BCUT2D eigenvalue weighted by molar-refractivity contribution is 5.72. The number of benzene rings is 2. The third-order valence-electron chi connectivity index (χ3n) is 5.15. The van der Waals surface area contributed by atoms with Crippen LogP contribution in [0.5, 0.6) is 11.5 Å². The molecule has 32 heavy (non-hydrogen) atoms. The van der Waals surface area contributed by atoms with Gasteiger partial charge in [-0.15, -0.1) is 0 Å². The van der Waals surface area contributed by atoms with Crippen LogP contribution in [-0.4, -0.2) is 69.3 Å². The first-order valence-corrected chi connectivity index (χ1v) is 11.2. The molecule has 0 aliphatic heterocycles. The Morgan fingerprint density at radius 3 is 1.38 bits per heavy atom. The van der Waals surface area contributed by atoms with E-state index < -0.39 is 0 Å². The fourth-order valence-corrected chi connectivity index (χ4v) is 3.38. The smallest absolute Gasteiger partial charge is 0.119 e. The molecule has 0 spiro atoms. The van der Waals surface area contributed by atoms with Crippen molar-refractivity contribution in [3.8, 4) is 33.8 Å². The molecule has 1 aromatic heterocycles. The van der Waals surface area contributed by atoms with Crippen molar-refractivity contribution in [1.82, 2.24) is 14.8 Å². The maximum absolute atomic E-state index is 5.84. The fraction of sp³-hybridized carbons (Fsp3) is 0.370. The van der Waals surface area contributed by atoms with Crippen LogP contribution in [0.4, 0.5) is 0 Å². The first kappa shape index (κ1) is 23.8. The Bertz CT molecular complexity index is 863. The normalized spacial score (nSPS) is 11.2. The third kappa shape index (κ3) is 7.66. The van der Waals surface area contributed by atoms with E-state index in [9.17, 15) is 0 Å². The number of pyridine rings is 1. The standard InChI is InChI=1S/C27H35N3O2/c1-29(2)15-5-17-31-26-11-7-22(8-12-26)24-19-25(21-28-20-24)23-9-13-27(14-10-23)32-18-6-16-30(3)4/h7-14,19-21H,5-6,15-18H2,1-4H3. The zero-order chi connectivity index (χ0) is 22.8. The molecule has 0 saturated carbocycles. The molecule has 3 rings (SSSR count). The second kappa shape index (κ2) is 12.2. The summed E-state index contributed by atoms with van der Waals surface area (Å²) in [7, 11) is 8.30. The molecule has 0 unspecified atom stereocenters. The van der Waals surface area contributed by atoms with Crippen molar-refractivity contribution in [3.05, 3.63) is 67.0 Å². The van der Waals surface area contributed by atoms with Gasteiger partial charge in [0.15, 0.2) is 0 Å². The first-order valence-electron chi connectivity index (χ1n) is 11.2. The minimum atomic E-state index is 0.726. The average Bonchev–Trinajstić information content (AvgIpc) is 2.80. The molecule has 5 heteroatoms. The molecule has 170 valence electrons. The first-order chi connectivity index (χ1) is 15.5. The SMILES string of the molecule is CN(C)CCCOc1ccc(-c2cncc(-c3ccc(OCCCN(C)C)cc3)c2)cc1. The molecule has 3 aromatic rings. The van der Waals surface area contributed by atoms with Gasteiger partial charge >= 0.3 is 0 Å². The van der Waals surface area contributed by atoms with Crippen LogP contribution in [0.3, 0.4) is 0 Å². The Balaban J connectivity index is 1.59. The monoisotopic (exact) mass is 433 g/mol. The maximum Gasteiger partial charge on any atom is 0.119 e. The van der Waals surface area contributed by atoms with Gasteiger partial charge in [-0.05, 0) is 82.5 Å². The van der Waals surface area contributed by atoms with Crippen LogP contribution in [0.2, 0.25) is 0 Å². The van der Waals surface area contributed by atoms with E-state index in [0.29, 0.717) is 0 Å². The van der Waals surface area contributed by atoms with E-state index in [0.717, 1.165) is 72.9 Å². The van der Waals surface area contributed by atoms with Crippen LogP contribution < -0.4 is 9.47 Å². The number of hydrogen-bond acceptors (Lipinski definition) is 5. The molecule has 0 aliphatic carbocycles. The van der Waals surface area contributed by atoms with Crippen molar-refractivity contribution in [2.45, 2.75) is 12.8 Å². The van der Waals surface area contributed by atoms with Crippen molar-refractivity contribution < 1.29 is 9.47 Å². The molecule has 0 radical (unpaired) electrons. The van der Waals surface area contributed by atoms with Gasteiger partial charge < -0.3 is 19.3 Å². The Kier molecular flexibility index (Phi) is 9.08. The summed E-state index contributed by atoms with van der Waals surface area (Å²) in [5.74, 6) is 1.80. The second-order valence-electron chi connectivity index (χ2n) is 8.52. The number of aromatic nitrogens is 1. The van der Waals surface area contributed by atoms with E-state index in [1.54, 1.807) is 0 Å². The summed E-state index contributed by atoms with van der Waals surface area (Å²) in [6.45, 7) is 3.51. The third-order valence-corrected chi connectivity index (χ3v) is 5.15. The molecule has 1 heterocycles. The van der Waals surface area contributed by atoms with E-state index in [1.165, 1.54) is 0 Å². The zero-order valence-electron chi connectivity index (χ0n) is 19.8. The van der Waals surface area contributed by atoms with Crippen LogP contribution in [0.1, 0.15) is 12.8 Å². The summed E-state index contributed by atoms with van der Waals surface area (Å²) < 4.78 is 11.7. The molecule has 0 aliphatic rings. The largest absolute Gasteiger partial charge is 0.494 e. The van der Waals surface area contributed by atoms with Crippen LogP contribution in [-0.2, 0) is 0 Å². The molecular formula is C27H35N3O2. The van der Waals surface area contributed by atoms with Gasteiger partial charge in [0, 0.05) is 36.6 Å². The van der Waals surface area contributed by atoms with Gasteiger partial charge in [-0.3, -0.25) is 4.98 Å². The summed E-state index contributed by atoms with van der Waals surface area (Å²) in [5, 5.41) is 0. The lowest BCUT2D eigenvalue weighted by molar-refractivity contribution is 0.281. The van der Waals surface area contributed by atoms with E-state index >= 15 is 0 Å². The van der Waals surface area contributed by atoms with Crippen molar-refractivity contribution in [2.75, 3.05) is 54.5 Å². The highest BCUT2D eigenvalue weighted by Gasteiger charge is 2.05. The highest BCUT2D eigenvalue weighted by atomic mass is 16.5. The summed E-state index contributed by atoms with van der Waals surface area (Å²) in [5.41, 5.74) is 4.43.